The summed E-state index contributed by atoms with van der Waals surface area (Å²) in [6.07, 6.45) is 2.84. The van der Waals surface area contributed by atoms with Crippen LogP contribution in [0.5, 0.6) is 0 Å². The first-order valence-corrected chi connectivity index (χ1v) is 10.4. The maximum absolute atomic E-state index is 12.7. The molecule has 10 heteroatoms. The number of urea groups is 1. The van der Waals surface area contributed by atoms with Crippen molar-refractivity contribution < 1.29 is 19.1 Å². The van der Waals surface area contributed by atoms with E-state index in [-0.39, 0.29) is 17.9 Å². The van der Waals surface area contributed by atoms with Gasteiger partial charge in [-0.1, -0.05) is 13.8 Å². The third kappa shape index (κ3) is 4.69. The van der Waals surface area contributed by atoms with E-state index in [2.05, 4.69) is 26.2 Å². The molecule has 0 radical (unpaired) electrons. The summed E-state index contributed by atoms with van der Waals surface area (Å²) < 4.78 is 7.24. The molecule has 0 aromatic carbocycles. The van der Waals surface area contributed by atoms with Crippen molar-refractivity contribution in [1.29, 1.82) is 0 Å². The largest absolute Gasteiger partial charge is 0.458 e. The number of imide groups is 1. The van der Waals surface area contributed by atoms with Gasteiger partial charge in [0.1, 0.15) is 24.3 Å². The zero-order valence-corrected chi connectivity index (χ0v) is 18.6. The van der Waals surface area contributed by atoms with Gasteiger partial charge in [-0.3, -0.25) is 23.7 Å². The molecule has 0 aliphatic carbocycles. The number of aromatic nitrogens is 2. The summed E-state index contributed by atoms with van der Waals surface area (Å²) in [5.74, 6) is -0.827. The lowest BCUT2D eigenvalue weighted by atomic mass is 9.92. The fraction of sp³-hybridized carbons (Fsp3) is 0.450. The molecule has 1 saturated heterocycles. The molecule has 9 nitrogen and oxygen atoms in total. The van der Waals surface area contributed by atoms with E-state index in [9.17, 15) is 19.2 Å². The highest BCUT2D eigenvalue weighted by molar-refractivity contribution is 9.10. The van der Waals surface area contributed by atoms with Crippen molar-refractivity contribution in [3.8, 4) is 0 Å². The lowest BCUT2D eigenvalue weighted by Gasteiger charge is -2.22. The second-order valence-electron chi connectivity index (χ2n) is 7.91. The van der Waals surface area contributed by atoms with Crippen LogP contribution >= 0.6 is 15.9 Å². The Balaban J connectivity index is 1.63. The Morgan fingerprint density at radius 3 is 2.73 bits per heavy atom. The van der Waals surface area contributed by atoms with Crippen molar-refractivity contribution in [2.45, 2.75) is 45.8 Å². The summed E-state index contributed by atoms with van der Waals surface area (Å²) in [7, 11) is 0. The average molecular weight is 479 g/mol. The number of rotatable bonds is 7. The molecule has 160 valence electrons. The van der Waals surface area contributed by atoms with Gasteiger partial charge in [0.15, 0.2) is 0 Å². The lowest BCUT2D eigenvalue weighted by Crippen LogP contribution is -2.44. The number of pyridine rings is 1. The first-order chi connectivity index (χ1) is 14.1. The van der Waals surface area contributed by atoms with Gasteiger partial charge in [-0.15, -0.1) is 0 Å². The van der Waals surface area contributed by atoms with Crippen LogP contribution in [0.15, 0.2) is 33.7 Å². The van der Waals surface area contributed by atoms with E-state index in [1.165, 1.54) is 10.5 Å². The number of carbonyl (C=O) groups is 3. The van der Waals surface area contributed by atoms with Crippen LogP contribution in [0.4, 0.5) is 4.79 Å². The van der Waals surface area contributed by atoms with Crippen LogP contribution in [0.1, 0.15) is 39.3 Å². The Bertz CT molecular complexity index is 1070. The standard InChI is InChI=1S/C20H23BrN4O5/c1-12(2)6-7-20(3)18(28)25(19(29)23-20)10-17(27)30-11-14-8-16(26)24-9-13(21)4-5-15(24)22-14/h4-5,8-9,12H,6-7,10-11H2,1-3H3,(H,23,29). The predicted molar refractivity (Wildman–Crippen MR) is 112 cm³/mol. The molecule has 3 rings (SSSR count). The molecular formula is C20H23BrN4O5. The van der Waals surface area contributed by atoms with Gasteiger partial charge in [0.25, 0.3) is 11.5 Å². The molecule has 1 unspecified atom stereocenters. The van der Waals surface area contributed by atoms with Gasteiger partial charge in [0.05, 0.1) is 5.69 Å². The van der Waals surface area contributed by atoms with Crippen LogP contribution in [0.3, 0.4) is 0 Å². The molecule has 1 atom stereocenters. The van der Waals surface area contributed by atoms with Crippen LogP contribution < -0.4 is 10.9 Å². The van der Waals surface area contributed by atoms with Gasteiger partial charge in [0.2, 0.25) is 0 Å². The predicted octanol–water partition coefficient (Wildman–Crippen LogP) is 2.25. The second kappa shape index (κ2) is 8.55. The zero-order valence-electron chi connectivity index (χ0n) is 17.0. The highest BCUT2D eigenvalue weighted by Gasteiger charge is 2.48. The van der Waals surface area contributed by atoms with Crippen molar-refractivity contribution in [3.63, 3.8) is 0 Å². The monoisotopic (exact) mass is 478 g/mol. The van der Waals surface area contributed by atoms with Gasteiger partial charge in [-0.05, 0) is 53.7 Å². The van der Waals surface area contributed by atoms with E-state index in [4.69, 9.17) is 4.74 Å². The summed E-state index contributed by atoms with van der Waals surface area (Å²) in [5.41, 5.74) is -0.659. The summed E-state index contributed by atoms with van der Waals surface area (Å²) >= 11 is 3.29. The SMILES string of the molecule is CC(C)CCC1(C)NC(=O)N(CC(=O)OCc2cc(=O)n3cc(Br)ccc3n2)C1=O. The van der Waals surface area contributed by atoms with Gasteiger partial charge >= 0.3 is 12.0 Å². The number of fused-ring (bicyclic) bond motifs is 1. The van der Waals surface area contributed by atoms with Gasteiger partial charge in [0, 0.05) is 16.7 Å². The topological polar surface area (TPSA) is 110 Å². The minimum atomic E-state index is -1.02. The summed E-state index contributed by atoms with van der Waals surface area (Å²) in [6.45, 7) is 4.98. The maximum Gasteiger partial charge on any atom is 0.326 e. The molecule has 0 saturated carbocycles. The first-order valence-electron chi connectivity index (χ1n) is 9.56. The Morgan fingerprint density at radius 1 is 1.30 bits per heavy atom. The van der Waals surface area contributed by atoms with E-state index in [1.54, 1.807) is 25.3 Å². The van der Waals surface area contributed by atoms with Crippen molar-refractivity contribution in [2.24, 2.45) is 5.92 Å². The number of nitrogens with one attached hydrogen (secondary N) is 1. The van der Waals surface area contributed by atoms with E-state index in [0.29, 0.717) is 18.0 Å². The van der Waals surface area contributed by atoms with Crippen LogP contribution in [-0.2, 0) is 20.9 Å². The van der Waals surface area contributed by atoms with E-state index < -0.39 is 30.0 Å². The smallest absolute Gasteiger partial charge is 0.326 e. The quantitative estimate of drug-likeness (QED) is 0.482. The van der Waals surface area contributed by atoms with E-state index in [0.717, 1.165) is 15.8 Å². The number of esters is 1. The summed E-state index contributed by atoms with van der Waals surface area (Å²) in [5, 5.41) is 2.67. The molecule has 1 fully saturated rings. The Kier molecular flexibility index (Phi) is 6.25. The zero-order chi connectivity index (χ0) is 22.1. The third-order valence-corrected chi connectivity index (χ3v) is 5.38. The number of hydrogen-bond acceptors (Lipinski definition) is 6. The molecule has 30 heavy (non-hydrogen) atoms. The molecule has 3 amide bonds. The Morgan fingerprint density at radius 2 is 2.03 bits per heavy atom. The average Bonchev–Trinajstić information content (AvgIpc) is 2.89. The van der Waals surface area contributed by atoms with Crippen LogP contribution in [-0.4, -0.2) is 44.3 Å². The maximum atomic E-state index is 12.7. The number of carbonyl (C=O) groups excluding carboxylic acids is 3. The highest BCUT2D eigenvalue weighted by Crippen LogP contribution is 2.24. The highest BCUT2D eigenvalue weighted by atomic mass is 79.9. The van der Waals surface area contributed by atoms with E-state index >= 15 is 0 Å². The fourth-order valence-corrected chi connectivity index (χ4v) is 3.50. The second-order valence-corrected chi connectivity index (χ2v) is 8.82. The Hall–Kier alpha value is -2.75. The van der Waals surface area contributed by atoms with Gasteiger partial charge in [-0.25, -0.2) is 9.78 Å². The molecule has 3 heterocycles. The van der Waals surface area contributed by atoms with Crippen LogP contribution in [0.25, 0.3) is 5.65 Å². The van der Waals surface area contributed by atoms with Crippen molar-refractivity contribution in [1.82, 2.24) is 19.6 Å². The Labute approximate surface area is 181 Å². The number of nitrogens with zero attached hydrogens (tertiary/aromatic N) is 3. The molecule has 1 aliphatic heterocycles. The van der Waals surface area contributed by atoms with Crippen LogP contribution in [0.2, 0.25) is 0 Å². The van der Waals surface area contributed by atoms with E-state index in [1.807, 2.05) is 13.8 Å². The molecule has 2 aromatic heterocycles. The number of ether oxygens (including phenoxy) is 1. The fourth-order valence-electron chi connectivity index (χ4n) is 3.17. The summed E-state index contributed by atoms with van der Waals surface area (Å²) in [4.78, 5) is 54.4. The molecular weight excluding hydrogens is 456 g/mol. The molecule has 2 aromatic rings. The lowest BCUT2D eigenvalue weighted by molar-refractivity contribution is -0.148. The van der Waals surface area contributed by atoms with Gasteiger partial charge in [-0.2, -0.15) is 0 Å². The number of amides is 3. The minimum absolute atomic E-state index is 0.241. The first kappa shape index (κ1) is 21.9. The molecule has 0 bridgehead atoms. The van der Waals surface area contributed by atoms with Crippen molar-refractivity contribution >= 4 is 39.5 Å². The molecule has 1 N–H and O–H groups in total. The normalized spacial score (nSPS) is 18.9. The minimum Gasteiger partial charge on any atom is -0.458 e. The number of halogens is 1. The van der Waals surface area contributed by atoms with Crippen LogP contribution in [0, 0.1) is 5.92 Å². The number of hydrogen-bond donors (Lipinski definition) is 1. The van der Waals surface area contributed by atoms with Crippen molar-refractivity contribution in [2.75, 3.05) is 6.54 Å². The van der Waals surface area contributed by atoms with Crippen molar-refractivity contribution in [3.05, 3.63) is 44.9 Å². The summed E-state index contributed by atoms with van der Waals surface area (Å²) in [6, 6.07) is 4.05. The third-order valence-electron chi connectivity index (χ3n) is 4.91. The molecule has 1 aliphatic rings. The van der Waals surface area contributed by atoms with Gasteiger partial charge < -0.3 is 10.1 Å². The molecule has 0 spiro atoms.